The lowest BCUT2D eigenvalue weighted by molar-refractivity contribution is -0.384. The van der Waals surface area contributed by atoms with Gasteiger partial charge in [-0.1, -0.05) is 62.3 Å². The number of rotatable bonds is 3. The molecular formula is C15H4BrCl4N3O2. The lowest BCUT2D eigenvalue weighted by Gasteiger charge is -2.14. The van der Waals surface area contributed by atoms with Gasteiger partial charge in [-0.2, -0.15) is 5.26 Å². The molecule has 2 rings (SSSR count). The van der Waals surface area contributed by atoms with Crippen LogP contribution in [-0.2, 0) is 6.42 Å². The number of non-ortho nitro benzene ring substituents is 1. The van der Waals surface area contributed by atoms with Crippen LogP contribution in [-0.4, -0.2) is 4.92 Å². The second-order valence-corrected chi connectivity index (χ2v) is 7.08. The second kappa shape index (κ2) is 7.78. The van der Waals surface area contributed by atoms with Crippen molar-refractivity contribution in [2.24, 2.45) is 0 Å². The van der Waals surface area contributed by atoms with Gasteiger partial charge in [0, 0.05) is 23.0 Å². The molecule has 0 spiro atoms. The summed E-state index contributed by atoms with van der Waals surface area (Å²) in [5.74, 6) is 0. The first-order valence-electron chi connectivity index (χ1n) is 6.32. The summed E-state index contributed by atoms with van der Waals surface area (Å²) in [6.45, 7) is 7.11. The molecule has 10 heteroatoms. The molecule has 25 heavy (non-hydrogen) atoms. The highest BCUT2D eigenvalue weighted by atomic mass is 79.9. The minimum atomic E-state index is -0.577. The minimum Gasteiger partial charge on any atom is -0.258 e. The Kier molecular flexibility index (Phi) is 6.16. The maximum absolute atomic E-state index is 10.9. The molecule has 0 aliphatic heterocycles. The maximum Gasteiger partial charge on any atom is 0.272 e. The van der Waals surface area contributed by atoms with Crippen LogP contribution in [0.1, 0.15) is 16.7 Å². The predicted octanol–water partition coefficient (Wildman–Crippen LogP) is 6.98. The molecule has 0 aliphatic rings. The van der Waals surface area contributed by atoms with Gasteiger partial charge in [0.05, 0.1) is 43.2 Å². The molecule has 0 bridgehead atoms. The van der Waals surface area contributed by atoms with Crippen LogP contribution in [0.5, 0.6) is 0 Å². The fourth-order valence-electron chi connectivity index (χ4n) is 2.11. The van der Waals surface area contributed by atoms with E-state index in [1.165, 1.54) is 12.1 Å². The molecule has 0 amide bonds. The van der Waals surface area contributed by atoms with E-state index in [1.807, 2.05) is 6.07 Å². The normalized spacial score (nSPS) is 10.2. The number of hydrogen-bond acceptors (Lipinski definition) is 3. The smallest absolute Gasteiger partial charge is 0.258 e. The monoisotopic (exact) mass is 477 g/mol. The van der Waals surface area contributed by atoms with Crippen molar-refractivity contribution in [2.75, 3.05) is 0 Å². The Hall–Kier alpha value is -1.54. The summed E-state index contributed by atoms with van der Waals surface area (Å²) >= 11 is 27.8. The summed E-state index contributed by atoms with van der Waals surface area (Å²) in [6.07, 6.45) is 0.0385. The molecule has 0 N–H and O–H groups in total. The van der Waals surface area contributed by atoms with E-state index in [4.69, 9.17) is 53.0 Å². The van der Waals surface area contributed by atoms with Crippen LogP contribution in [0.2, 0.25) is 20.1 Å². The molecule has 0 saturated heterocycles. The quantitative estimate of drug-likeness (QED) is 0.206. The zero-order valence-corrected chi connectivity index (χ0v) is 16.5. The minimum absolute atomic E-state index is 0.00314. The first-order chi connectivity index (χ1) is 11.7. The summed E-state index contributed by atoms with van der Waals surface area (Å²) in [7, 11) is 0. The van der Waals surface area contributed by atoms with Crippen molar-refractivity contribution in [2.45, 2.75) is 6.42 Å². The van der Waals surface area contributed by atoms with Gasteiger partial charge in [-0.05, 0) is 11.1 Å². The third kappa shape index (κ3) is 3.69. The van der Waals surface area contributed by atoms with Crippen molar-refractivity contribution in [3.05, 3.63) is 74.9 Å². The van der Waals surface area contributed by atoms with Crippen molar-refractivity contribution in [1.82, 2.24) is 0 Å². The number of hydrogen-bond donors (Lipinski definition) is 0. The van der Waals surface area contributed by atoms with Crippen LogP contribution >= 0.6 is 62.3 Å². The van der Waals surface area contributed by atoms with Crippen LogP contribution in [0.4, 0.5) is 11.4 Å². The van der Waals surface area contributed by atoms with E-state index in [9.17, 15) is 15.4 Å². The summed E-state index contributed by atoms with van der Waals surface area (Å²) in [6, 6.07) is 4.39. The van der Waals surface area contributed by atoms with Crippen molar-refractivity contribution in [3.63, 3.8) is 0 Å². The second-order valence-electron chi connectivity index (χ2n) is 4.69. The zero-order valence-electron chi connectivity index (χ0n) is 11.9. The number of nitro groups is 1. The van der Waals surface area contributed by atoms with Gasteiger partial charge in [0.25, 0.3) is 5.69 Å². The number of nitriles is 1. The predicted molar refractivity (Wildman–Crippen MR) is 101 cm³/mol. The zero-order chi connectivity index (χ0) is 18.9. The Balaban J connectivity index is 2.69. The highest BCUT2D eigenvalue weighted by molar-refractivity contribution is 9.10. The molecule has 0 saturated carbocycles. The third-order valence-electron chi connectivity index (χ3n) is 3.31. The number of nitro benzene ring substituents is 1. The molecule has 0 aromatic heterocycles. The maximum atomic E-state index is 10.9. The van der Waals surface area contributed by atoms with Crippen LogP contribution < -0.4 is 0 Å². The van der Waals surface area contributed by atoms with Crippen molar-refractivity contribution in [3.8, 4) is 6.07 Å². The van der Waals surface area contributed by atoms with Crippen LogP contribution in [0.25, 0.3) is 4.85 Å². The van der Waals surface area contributed by atoms with Gasteiger partial charge in [0.1, 0.15) is 0 Å². The Labute approximate surface area is 170 Å². The molecule has 0 fully saturated rings. The van der Waals surface area contributed by atoms with Crippen LogP contribution in [0.3, 0.4) is 0 Å². The molecule has 0 heterocycles. The molecule has 5 nitrogen and oxygen atoms in total. The highest BCUT2D eigenvalue weighted by Crippen LogP contribution is 2.45. The van der Waals surface area contributed by atoms with E-state index in [0.717, 1.165) is 0 Å². The molecule has 2 aromatic rings. The average Bonchev–Trinajstić information content (AvgIpc) is 2.55. The summed E-state index contributed by atoms with van der Waals surface area (Å²) in [5, 5.41) is 20.2. The van der Waals surface area contributed by atoms with E-state index >= 15 is 0 Å². The first-order valence-corrected chi connectivity index (χ1v) is 8.62. The van der Waals surface area contributed by atoms with E-state index in [1.54, 1.807) is 0 Å². The lowest BCUT2D eigenvalue weighted by atomic mass is 9.99. The van der Waals surface area contributed by atoms with Gasteiger partial charge in [-0.3, -0.25) is 10.1 Å². The van der Waals surface area contributed by atoms with Crippen molar-refractivity contribution in [1.29, 1.82) is 5.26 Å². The summed E-state index contributed by atoms with van der Waals surface area (Å²) in [5.41, 5.74) is 0.453. The molecular weight excluding hydrogens is 476 g/mol. The van der Waals surface area contributed by atoms with Crippen LogP contribution in [0, 0.1) is 28.0 Å². The van der Waals surface area contributed by atoms with E-state index in [0.29, 0.717) is 10.0 Å². The summed E-state index contributed by atoms with van der Waals surface area (Å²) < 4.78 is 0.369. The van der Waals surface area contributed by atoms with Gasteiger partial charge in [0.2, 0.25) is 5.69 Å². The van der Waals surface area contributed by atoms with Gasteiger partial charge >= 0.3 is 0 Å². The van der Waals surface area contributed by atoms with E-state index < -0.39 is 4.92 Å². The average molecular weight is 480 g/mol. The molecule has 0 unspecified atom stereocenters. The topological polar surface area (TPSA) is 71.3 Å². The molecule has 126 valence electrons. The van der Waals surface area contributed by atoms with Gasteiger partial charge in [-0.25, -0.2) is 4.85 Å². The fraction of sp³-hybridized carbons (Fsp3) is 0.0667. The number of halogens is 5. The SMILES string of the molecule is [C-]#[N+]c1c(Cl)c(Cl)c(Cc2c(Cl)cc([N+](=O)[O-])cc2Br)c(C#N)c1Cl. The largest absolute Gasteiger partial charge is 0.272 e. The van der Waals surface area contributed by atoms with Gasteiger partial charge in [0.15, 0.2) is 0 Å². The molecule has 0 atom stereocenters. The van der Waals surface area contributed by atoms with E-state index in [-0.39, 0.29) is 49.0 Å². The van der Waals surface area contributed by atoms with Gasteiger partial charge < -0.3 is 0 Å². The van der Waals surface area contributed by atoms with Gasteiger partial charge in [-0.15, -0.1) is 0 Å². The first kappa shape index (κ1) is 19.8. The summed E-state index contributed by atoms with van der Waals surface area (Å²) in [4.78, 5) is 13.5. The van der Waals surface area contributed by atoms with Crippen LogP contribution in [0.15, 0.2) is 16.6 Å². The number of benzene rings is 2. The van der Waals surface area contributed by atoms with Crippen molar-refractivity contribution < 1.29 is 4.92 Å². The van der Waals surface area contributed by atoms with E-state index in [2.05, 4.69) is 20.8 Å². The molecule has 0 radical (unpaired) electrons. The Morgan fingerprint density at radius 1 is 1.20 bits per heavy atom. The lowest BCUT2D eigenvalue weighted by Crippen LogP contribution is -1.99. The Bertz CT molecular complexity index is 973. The highest BCUT2D eigenvalue weighted by Gasteiger charge is 2.23. The Morgan fingerprint density at radius 2 is 1.84 bits per heavy atom. The Morgan fingerprint density at radius 3 is 2.32 bits per heavy atom. The number of nitrogens with zero attached hydrogens (tertiary/aromatic N) is 3. The van der Waals surface area contributed by atoms with Crippen molar-refractivity contribution >= 4 is 73.7 Å². The molecule has 0 aliphatic carbocycles. The standard InChI is InChI=1S/C15H4BrCl4N3O2/c1-22-15-13(19)9(5-21)7(12(18)14(15)20)4-8-10(16)2-6(23(24)25)3-11(8)17/h2-3H,4H2. The fourth-order valence-corrected chi connectivity index (χ4v) is 3.94. The third-order valence-corrected chi connectivity index (χ3v) is 5.60. The molecule has 2 aromatic carbocycles.